The van der Waals surface area contributed by atoms with Crippen molar-refractivity contribution in [2.45, 2.75) is 20.4 Å². The van der Waals surface area contributed by atoms with E-state index >= 15 is 0 Å². The number of nitrogens with two attached hydrogens (primary N) is 1. The summed E-state index contributed by atoms with van der Waals surface area (Å²) in [6.45, 7) is 7.36. The molecular formula is C13H20N4O. The molecule has 0 radical (unpaired) electrons. The first-order valence-corrected chi connectivity index (χ1v) is 6.29. The molecule has 0 unspecified atom stereocenters. The molecule has 5 heteroatoms. The van der Waals surface area contributed by atoms with Crippen molar-refractivity contribution >= 4 is 11.7 Å². The summed E-state index contributed by atoms with van der Waals surface area (Å²) in [5.41, 5.74) is 7.71. The van der Waals surface area contributed by atoms with Crippen molar-refractivity contribution in [3.05, 3.63) is 23.4 Å². The molecule has 2 rings (SSSR count). The van der Waals surface area contributed by atoms with Gasteiger partial charge in [0.2, 0.25) is 5.91 Å². The molecule has 98 valence electrons. The second-order valence-electron chi connectivity index (χ2n) is 4.61. The van der Waals surface area contributed by atoms with Crippen LogP contribution in [0.1, 0.15) is 18.2 Å². The van der Waals surface area contributed by atoms with Crippen molar-refractivity contribution < 1.29 is 4.79 Å². The van der Waals surface area contributed by atoms with Gasteiger partial charge in [0, 0.05) is 45.3 Å². The highest BCUT2D eigenvalue weighted by Crippen LogP contribution is 2.16. The molecule has 1 amide bonds. The lowest BCUT2D eigenvalue weighted by atomic mass is 10.2. The average Bonchev–Trinajstić information content (AvgIpc) is 2.38. The number of rotatable bonds is 2. The largest absolute Gasteiger partial charge is 0.353 e. The highest BCUT2D eigenvalue weighted by Gasteiger charge is 2.19. The third-order valence-electron chi connectivity index (χ3n) is 3.45. The summed E-state index contributed by atoms with van der Waals surface area (Å²) in [6.07, 6.45) is 0. The second-order valence-corrected chi connectivity index (χ2v) is 4.61. The average molecular weight is 248 g/mol. The molecule has 0 spiro atoms. The molecule has 2 N–H and O–H groups in total. The summed E-state index contributed by atoms with van der Waals surface area (Å²) < 4.78 is 0. The maximum absolute atomic E-state index is 11.3. The molecule has 1 aromatic heterocycles. The van der Waals surface area contributed by atoms with Crippen LogP contribution in [0.4, 0.5) is 5.82 Å². The van der Waals surface area contributed by atoms with E-state index in [9.17, 15) is 4.79 Å². The number of hydrogen-bond acceptors (Lipinski definition) is 4. The number of nitrogens with zero attached hydrogens (tertiary/aromatic N) is 3. The molecule has 1 saturated heterocycles. The quantitative estimate of drug-likeness (QED) is 0.828. The Hall–Kier alpha value is -1.62. The van der Waals surface area contributed by atoms with Crippen LogP contribution in [0.25, 0.3) is 0 Å². The van der Waals surface area contributed by atoms with E-state index < -0.39 is 0 Å². The van der Waals surface area contributed by atoms with Crippen LogP contribution in [0.3, 0.4) is 0 Å². The van der Waals surface area contributed by atoms with Crippen molar-refractivity contribution in [2.75, 3.05) is 31.1 Å². The highest BCUT2D eigenvalue weighted by molar-refractivity contribution is 5.73. The second kappa shape index (κ2) is 5.35. The third-order valence-corrected chi connectivity index (χ3v) is 3.45. The molecule has 1 fully saturated rings. The van der Waals surface area contributed by atoms with Crippen LogP contribution in [0.5, 0.6) is 0 Å². The Balaban J connectivity index is 2.05. The summed E-state index contributed by atoms with van der Waals surface area (Å²) in [6, 6.07) is 4.05. The van der Waals surface area contributed by atoms with Gasteiger partial charge in [-0.25, -0.2) is 4.98 Å². The number of aryl methyl sites for hydroxylation is 1. The van der Waals surface area contributed by atoms with E-state index in [4.69, 9.17) is 5.73 Å². The van der Waals surface area contributed by atoms with Crippen molar-refractivity contribution in [1.82, 2.24) is 9.88 Å². The lowest BCUT2D eigenvalue weighted by Crippen LogP contribution is -2.48. The summed E-state index contributed by atoms with van der Waals surface area (Å²) in [5, 5.41) is 0. The van der Waals surface area contributed by atoms with E-state index in [1.807, 2.05) is 24.0 Å². The van der Waals surface area contributed by atoms with Crippen LogP contribution in [-0.2, 0) is 11.3 Å². The van der Waals surface area contributed by atoms with Crippen molar-refractivity contribution in [3.63, 3.8) is 0 Å². The number of amides is 1. The molecule has 0 aromatic carbocycles. The van der Waals surface area contributed by atoms with Crippen LogP contribution in [0.15, 0.2) is 12.1 Å². The van der Waals surface area contributed by atoms with Gasteiger partial charge in [-0.3, -0.25) is 4.79 Å². The summed E-state index contributed by atoms with van der Waals surface area (Å²) in [5.74, 6) is 1.13. The zero-order valence-electron chi connectivity index (χ0n) is 11.0. The topological polar surface area (TPSA) is 62.5 Å². The highest BCUT2D eigenvalue weighted by atomic mass is 16.2. The number of carbonyl (C=O) groups excluding carboxylic acids is 1. The van der Waals surface area contributed by atoms with Gasteiger partial charge < -0.3 is 15.5 Å². The fourth-order valence-electron chi connectivity index (χ4n) is 2.22. The van der Waals surface area contributed by atoms with Gasteiger partial charge >= 0.3 is 0 Å². The molecule has 0 saturated carbocycles. The van der Waals surface area contributed by atoms with E-state index in [-0.39, 0.29) is 5.91 Å². The maximum atomic E-state index is 11.3. The molecule has 1 aliphatic heterocycles. The zero-order chi connectivity index (χ0) is 13.1. The van der Waals surface area contributed by atoms with Crippen LogP contribution >= 0.6 is 0 Å². The first-order chi connectivity index (χ1) is 8.61. The standard InChI is InChI=1S/C13H20N4O/c1-10-12(9-14)3-4-13(15-10)17-7-5-16(6-8-17)11(2)18/h3-4H,5-9,14H2,1-2H3. The van der Waals surface area contributed by atoms with Crippen molar-refractivity contribution in [1.29, 1.82) is 0 Å². The van der Waals surface area contributed by atoms with Gasteiger partial charge in [-0.15, -0.1) is 0 Å². The lowest BCUT2D eigenvalue weighted by molar-refractivity contribution is -0.129. The number of anilines is 1. The normalized spacial score (nSPS) is 15.9. The fraction of sp³-hybridized carbons (Fsp3) is 0.538. The van der Waals surface area contributed by atoms with Crippen LogP contribution in [-0.4, -0.2) is 42.0 Å². The lowest BCUT2D eigenvalue weighted by Gasteiger charge is -2.35. The molecule has 0 atom stereocenters. The van der Waals surface area contributed by atoms with Gasteiger partial charge in [0.05, 0.1) is 0 Å². The molecule has 0 bridgehead atoms. The number of pyridine rings is 1. The number of aromatic nitrogens is 1. The maximum Gasteiger partial charge on any atom is 0.219 e. The Morgan fingerprint density at radius 1 is 1.33 bits per heavy atom. The fourth-order valence-corrected chi connectivity index (χ4v) is 2.22. The molecule has 18 heavy (non-hydrogen) atoms. The van der Waals surface area contributed by atoms with Gasteiger partial charge in [0.25, 0.3) is 0 Å². The minimum atomic E-state index is 0.150. The van der Waals surface area contributed by atoms with E-state index in [1.165, 1.54) is 0 Å². The van der Waals surface area contributed by atoms with Gasteiger partial charge in [-0.2, -0.15) is 0 Å². The minimum absolute atomic E-state index is 0.150. The van der Waals surface area contributed by atoms with E-state index in [0.29, 0.717) is 6.54 Å². The third kappa shape index (κ3) is 2.61. The molecule has 2 heterocycles. The minimum Gasteiger partial charge on any atom is -0.353 e. The van der Waals surface area contributed by atoms with Crippen molar-refractivity contribution in [2.24, 2.45) is 5.73 Å². The van der Waals surface area contributed by atoms with Crippen LogP contribution in [0, 0.1) is 6.92 Å². The van der Waals surface area contributed by atoms with Gasteiger partial charge in [-0.1, -0.05) is 6.07 Å². The molecule has 1 aromatic rings. The van der Waals surface area contributed by atoms with Gasteiger partial charge in [0.15, 0.2) is 0 Å². The SMILES string of the molecule is CC(=O)N1CCN(c2ccc(CN)c(C)n2)CC1. The smallest absolute Gasteiger partial charge is 0.219 e. The van der Waals surface area contributed by atoms with Crippen LogP contribution in [0.2, 0.25) is 0 Å². The van der Waals surface area contributed by atoms with Crippen LogP contribution < -0.4 is 10.6 Å². The summed E-state index contributed by atoms with van der Waals surface area (Å²) in [7, 11) is 0. The number of hydrogen-bond donors (Lipinski definition) is 1. The molecular weight excluding hydrogens is 228 g/mol. The number of piperazine rings is 1. The Kier molecular flexibility index (Phi) is 3.81. The Bertz CT molecular complexity index is 439. The van der Waals surface area contributed by atoms with E-state index in [0.717, 1.165) is 43.3 Å². The van der Waals surface area contributed by atoms with E-state index in [1.54, 1.807) is 6.92 Å². The van der Waals surface area contributed by atoms with Gasteiger partial charge in [0.1, 0.15) is 5.82 Å². The molecule has 1 aliphatic rings. The Labute approximate surface area is 108 Å². The predicted molar refractivity (Wildman–Crippen MR) is 71.3 cm³/mol. The van der Waals surface area contributed by atoms with E-state index in [2.05, 4.69) is 9.88 Å². The molecule has 0 aliphatic carbocycles. The Morgan fingerprint density at radius 2 is 2.00 bits per heavy atom. The number of carbonyl (C=O) groups is 1. The first kappa shape index (κ1) is 12.8. The Morgan fingerprint density at radius 3 is 2.50 bits per heavy atom. The first-order valence-electron chi connectivity index (χ1n) is 6.29. The zero-order valence-corrected chi connectivity index (χ0v) is 11.0. The molecule has 5 nitrogen and oxygen atoms in total. The summed E-state index contributed by atoms with van der Waals surface area (Å²) in [4.78, 5) is 19.9. The summed E-state index contributed by atoms with van der Waals surface area (Å²) >= 11 is 0. The van der Waals surface area contributed by atoms with Gasteiger partial charge in [-0.05, 0) is 18.6 Å². The monoisotopic (exact) mass is 248 g/mol. The van der Waals surface area contributed by atoms with Crippen molar-refractivity contribution in [3.8, 4) is 0 Å². The predicted octanol–water partition coefficient (Wildman–Crippen LogP) is 0.517.